The lowest BCUT2D eigenvalue weighted by Gasteiger charge is -2.28. The number of carbonyl (C=O) groups is 2. The molecule has 2 rings (SSSR count). The van der Waals surface area contributed by atoms with Crippen molar-refractivity contribution in [1.82, 2.24) is 0 Å². The predicted molar refractivity (Wildman–Crippen MR) is 97.5 cm³/mol. The summed E-state index contributed by atoms with van der Waals surface area (Å²) in [5, 5.41) is 0. The second-order valence-corrected chi connectivity index (χ2v) is 6.54. The van der Waals surface area contributed by atoms with E-state index < -0.39 is 5.92 Å². The van der Waals surface area contributed by atoms with Crippen molar-refractivity contribution < 1.29 is 18.9 Å². The number of ether oxygens (including phenoxy) is 1. The fourth-order valence-electron chi connectivity index (χ4n) is 3.83. The molecule has 0 aliphatic heterocycles. The normalized spacial score (nSPS) is 15.8. The van der Waals surface area contributed by atoms with Gasteiger partial charge in [0.1, 0.15) is 5.92 Å². The zero-order chi connectivity index (χ0) is 18.3. The molecule has 0 aromatic heterocycles. The lowest BCUT2D eigenvalue weighted by Crippen LogP contribution is -2.34. The molecular weight excluding hydrogens is 323 g/mol. The van der Waals surface area contributed by atoms with E-state index in [0.29, 0.717) is 5.56 Å². The average molecular weight is 351 g/mol. The van der Waals surface area contributed by atoms with Crippen LogP contribution in [-0.4, -0.2) is 18.9 Å². The third-order valence-electron chi connectivity index (χ3n) is 4.78. The van der Waals surface area contributed by atoms with Crippen LogP contribution < -0.4 is 0 Å². The summed E-state index contributed by atoms with van der Waals surface area (Å²) < 4.78 is 13.1. The number of benzene rings is 1. The Morgan fingerprint density at radius 3 is 2.00 bits per heavy atom. The Hall–Kier alpha value is -1.54. The smallest absolute Gasteiger partial charge is 0.316 e. The van der Waals surface area contributed by atoms with Crippen molar-refractivity contribution in [3.05, 3.63) is 34.4 Å². The van der Waals surface area contributed by atoms with Crippen molar-refractivity contribution in [3.63, 3.8) is 0 Å². The molecule has 1 aromatic carbocycles. The first-order valence-corrected chi connectivity index (χ1v) is 8.86. The van der Waals surface area contributed by atoms with Crippen molar-refractivity contribution >= 4 is 20.9 Å². The molecular formula is C19H28O4P+. The Balaban J connectivity index is 0.00000139. The predicted octanol–water partition coefficient (Wildman–Crippen LogP) is 4.37. The molecule has 1 aliphatic carbocycles. The number of hydrogen-bond acceptors (Lipinski definition) is 4. The van der Waals surface area contributed by atoms with Gasteiger partial charge < -0.3 is 4.74 Å². The maximum atomic E-state index is 13.1. The van der Waals surface area contributed by atoms with Crippen LogP contribution >= 0.6 is 9.12 Å². The molecule has 0 N–H and O–H groups in total. The van der Waals surface area contributed by atoms with Gasteiger partial charge in [0.05, 0.1) is 7.11 Å². The molecule has 0 bridgehead atoms. The summed E-state index contributed by atoms with van der Waals surface area (Å²) in [6, 6.07) is 4.02. The average Bonchev–Trinajstić information content (AvgIpc) is 2.56. The van der Waals surface area contributed by atoms with Crippen molar-refractivity contribution in [2.45, 2.75) is 52.9 Å². The molecule has 0 heterocycles. The first-order chi connectivity index (χ1) is 11.5. The standard InChI is InChI=1S/C19H26O3.H2OP/c1-12-10-13(2)16(14(3)11-12)18(20)17(19(21)22-4)15-8-6-5-7-9-15;1-2/h10-11,15,17H,5-9H2,1-4H3;2H2/q;+1. The number of rotatable bonds is 4. The van der Waals surface area contributed by atoms with Crippen molar-refractivity contribution in [2.24, 2.45) is 11.8 Å². The highest BCUT2D eigenvalue weighted by atomic mass is 31.0. The van der Waals surface area contributed by atoms with E-state index in [-0.39, 0.29) is 17.7 Å². The summed E-state index contributed by atoms with van der Waals surface area (Å²) in [6.07, 6.45) is 5.26. The zero-order valence-electron chi connectivity index (χ0n) is 15.1. The SMILES string of the molecule is COC(=O)C(C(=O)c1c(C)cc(C)cc1C)C1CCCCC1.O=[PH2+]. The van der Waals surface area contributed by atoms with Gasteiger partial charge in [0, 0.05) is 5.56 Å². The van der Waals surface area contributed by atoms with Gasteiger partial charge in [-0.3, -0.25) is 9.59 Å². The number of methoxy groups -OCH3 is 1. The fourth-order valence-corrected chi connectivity index (χ4v) is 3.83. The molecule has 1 aromatic rings. The summed E-state index contributed by atoms with van der Waals surface area (Å²) in [5.74, 6) is -0.968. The minimum Gasteiger partial charge on any atom is -0.468 e. The largest absolute Gasteiger partial charge is 0.468 e. The second kappa shape index (κ2) is 9.68. The van der Waals surface area contributed by atoms with Crippen molar-refractivity contribution in [1.29, 1.82) is 0 Å². The quantitative estimate of drug-likeness (QED) is 0.350. The van der Waals surface area contributed by atoms with E-state index in [4.69, 9.17) is 9.30 Å². The highest BCUT2D eigenvalue weighted by Gasteiger charge is 2.37. The Kier molecular flexibility index (Phi) is 8.27. The second-order valence-electron chi connectivity index (χ2n) is 6.54. The molecule has 2 atom stereocenters. The molecule has 0 radical (unpaired) electrons. The van der Waals surface area contributed by atoms with E-state index in [2.05, 4.69) is 0 Å². The van der Waals surface area contributed by atoms with E-state index in [9.17, 15) is 9.59 Å². The van der Waals surface area contributed by atoms with Gasteiger partial charge in [-0.15, -0.1) is 0 Å². The van der Waals surface area contributed by atoms with E-state index in [1.165, 1.54) is 22.6 Å². The van der Waals surface area contributed by atoms with Crippen LogP contribution in [0.4, 0.5) is 0 Å². The zero-order valence-corrected chi connectivity index (χ0v) is 16.2. The van der Waals surface area contributed by atoms with Crippen LogP contribution in [0.25, 0.3) is 0 Å². The van der Waals surface area contributed by atoms with Crippen LogP contribution in [0.1, 0.15) is 59.2 Å². The summed E-state index contributed by atoms with van der Waals surface area (Å²) in [6.45, 7) is 5.91. The van der Waals surface area contributed by atoms with E-state index in [1.807, 2.05) is 32.9 Å². The van der Waals surface area contributed by atoms with Gasteiger partial charge in [0.2, 0.25) is 0 Å². The van der Waals surface area contributed by atoms with Gasteiger partial charge in [-0.25, -0.2) is 0 Å². The Labute approximate surface area is 146 Å². The van der Waals surface area contributed by atoms with Crippen molar-refractivity contribution in [2.75, 3.05) is 7.11 Å². The first-order valence-electron chi connectivity index (χ1n) is 8.39. The van der Waals surface area contributed by atoms with Crippen LogP contribution in [0.15, 0.2) is 12.1 Å². The minimum atomic E-state index is -0.648. The molecule has 5 heteroatoms. The molecule has 1 fully saturated rings. The summed E-state index contributed by atoms with van der Waals surface area (Å²) in [4.78, 5) is 25.4. The molecule has 132 valence electrons. The van der Waals surface area contributed by atoms with Gasteiger partial charge in [-0.05, 0) is 50.7 Å². The minimum absolute atomic E-state index is 0.0613. The number of aryl methyl sites for hydroxylation is 3. The number of hydrogen-bond donors (Lipinski definition) is 0. The molecule has 0 spiro atoms. The Morgan fingerprint density at radius 2 is 1.54 bits per heavy atom. The topological polar surface area (TPSA) is 60.4 Å². The van der Waals surface area contributed by atoms with Gasteiger partial charge in [0.15, 0.2) is 5.78 Å². The monoisotopic (exact) mass is 351 g/mol. The van der Waals surface area contributed by atoms with E-state index >= 15 is 0 Å². The Morgan fingerprint density at radius 1 is 1.04 bits per heavy atom. The highest BCUT2D eigenvalue weighted by molar-refractivity contribution is 7.00. The third kappa shape index (κ3) is 4.73. The Bertz CT molecular complexity index is 568. The van der Waals surface area contributed by atoms with Crippen LogP contribution in [0.3, 0.4) is 0 Å². The van der Waals surface area contributed by atoms with Gasteiger partial charge in [-0.1, -0.05) is 41.5 Å². The van der Waals surface area contributed by atoms with E-state index in [1.54, 1.807) is 0 Å². The molecule has 24 heavy (non-hydrogen) atoms. The number of Topliss-reactive ketones (excluding diaryl/α,β-unsaturated/α-hetero) is 1. The van der Waals surface area contributed by atoms with Crippen LogP contribution in [0.2, 0.25) is 0 Å². The van der Waals surface area contributed by atoms with Crippen LogP contribution in [-0.2, 0) is 14.1 Å². The van der Waals surface area contributed by atoms with Gasteiger partial charge in [0.25, 0.3) is 0 Å². The molecule has 1 aliphatic rings. The maximum Gasteiger partial charge on any atom is 0.316 e. The number of esters is 1. The van der Waals surface area contributed by atoms with Crippen LogP contribution in [0.5, 0.6) is 0 Å². The first kappa shape index (κ1) is 20.5. The van der Waals surface area contributed by atoms with E-state index in [0.717, 1.165) is 42.4 Å². The van der Waals surface area contributed by atoms with Crippen molar-refractivity contribution in [3.8, 4) is 0 Å². The highest BCUT2D eigenvalue weighted by Crippen LogP contribution is 2.34. The lowest BCUT2D eigenvalue weighted by molar-refractivity contribution is -0.145. The maximum absolute atomic E-state index is 13.1. The molecule has 4 nitrogen and oxygen atoms in total. The number of ketones is 1. The summed E-state index contributed by atoms with van der Waals surface area (Å²) >= 11 is 0. The third-order valence-corrected chi connectivity index (χ3v) is 4.78. The molecule has 2 unspecified atom stereocenters. The summed E-state index contributed by atoms with van der Waals surface area (Å²) in [5.41, 5.74) is 3.74. The number of carbonyl (C=O) groups excluding carboxylic acids is 2. The van der Waals surface area contributed by atoms with Gasteiger partial charge in [-0.2, -0.15) is 0 Å². The molecule has 0 saturated heterocycles. The lowest BCUT2D eigenvalue weighted by atomic mass is 9.75. The molecule has 0 amide bonds. The fraction of sp³-hybridized carbons (Fsp3) is 0.579. The summed E-state index contributed by atoms with van der Waals surface area (Å²) in [7, 11) is 2.54. The van der Waals surface area contributed by atoms with Crippen LogP contribution in [0, 0.1) is 32.6 Å². The molecule has 1 saturated carbocycles. The van der Waals surface area contributed by atoms with Gasteiger partial charge >= 0.3 is 15.1 Å².